The van der Waals surface area contributed by atoms with Gasteiger partial charge in [-0.2, -0.15) is 5.10 Å². The van der Waals surface area contributed by atoms with Crippen LogP contribution < -0.4 is 21.1 Å². The molecule has 7 nitrogen and oxygen atoms in total. The third-order valence-corrected chi connectivity index (χ3v) is 6.33. The first-order valence-corrected chi connectivity index (χ1v) is 11.2. The molecule has 0 radical (unpaired) electrons. The van der Waals surface area contributed by atoms with Crippen molar-refractivity contribution < 1.29 is 4.74 Å². The van der Waals surface area contributed by atoms with Gasteiger partial charge in [0.25, 0.3) is 0 Å². The minimum Gasteiger partial charge on any atom is -0.495 e. The van der Waals surface area contributed by atoms with Gasteiger partial charge in [0.1, 0.15) is 17.6 Å². The third kappa shape index (κ3) is 4.51. The maximum Gasteiger partial charge on any atom is 0.152 e. The van der Waals surface area contributed by atoms with Gasteiger partial charge in [0.15, 0.2) is 5.82 Å². The van der Waals surface area contributed by atoms with Gasteiger partial charge in [-0.05, 0) is 56.8 Å². The largest absolute Gasteiger partial charge is 0.495 e. The highest BCUT2D eigenvalue weighted by Crippen LogP contribution is 2.42. The van der Waals surface area contributed by atoms with Gasteiger partial charge in [0, 0.05) is 35.6 Å². The molecule has 0 spiro atoms. The number of rotatable bonds is 7. The number of nitrogens with zero attached hydrogens (tertiary/aromatic N) is 3. The maximum atomic E-state index is 6.28. The molecule has 0 fully saturated rings. The number of aryl methyl sites for hydroxylation is 1. The Hall–Kier alpha value is -2.68. The van der Waals surface area contributed by atoms with Crippen molar-refractivity contribution in [2.75, 3.05) is 25.9 Å². The summed E-state index contributed by atoms with van der Waals surface area (Å²) in [7, 11) is 1.71. The molecule has 1 aromatic carbocycles. The molecule has 0 aliphatic rings. The van der Waals surface area contributed by atoms with Crippen LogP contribution >= 0.6 is 11.3 Å². The van der Waals surface area contributed by atoms with E-state index in [2.05, 4.69) is 72.7 Å². The van der Waals surface area contributed by atoms with E-state index in [4.69, 9.17) is 10.5 Å². The van der Waals surface area contributed by atoms with E-state index in [1.165, 1.54) is 17.3 Å². The van der Waals surface area contributed by atoms with E-state index in [0.717, 1.165) is 45.2 Å². The molecule has 0 aliphatic carbocycles. The van der Waals surface area contributed by atoms with Crippen LogP contribution in [-0.2, 0) is 6.54 Å². The van der Waals surface area contributed by atoms with Gasteiger partial charge >= 0.3 is 0 Å². The quantitative estimate of drug-likeness (QED) is 0.378. The Morgan fingerprint density at radius 1 is 1.16 bits per heavy atom. The summed E-state index contributed by atoms with van der Waals surface area (Å²) < 4.78 is 8.64. The molecule has 3 aromatic heterocycles. The van der Waals surface area contributed by atoms with Crippen LogP contribution in [0, 0.1) is 6.92 Å². The first-order chi connectivity index (χ1) is 14.8. The molecule has 0 aliphatic heterocycles. The molecule has 0 bridgehead atoms. The van der Waals surface area contributed by atoms with Crippen LogP contribution in [0.5, 0.6) is 5.75 Å². The number of benzene rings is 1. The lowest BCUT2D eigenvalue weighted by Crippen LogP contribution is -2.40. The van der Waals surface area contributed by atoms with Gasteiger partial charge in [-0.1, -0.05) is 6.07 Å². The van der Waals surface area contributed by atoms with Crippen molar-refractivity contribution >= 4 is 32.8 Å². The second-order valence-corrected chi connectivity index (χ2v) is 9.86. The van der Waals surface area contributed by atoms with Crippen molar-refractivity contribution in [3.05, 3.63) is 41.9 Å². The molecule has 4 N–H and O–H groups in total. The molecule has 0 amide bonds. The monoisotopic (exact) mass is 438 g/mol. The second-order valence-electron chi connectivity index (χ2n) is 8.80. The topological polar surface area (TPSA) is 89.5 Å². The standard InChI is InChI=1S/C23H30N6OS/c1-14-8-15-10-19(31-21(15)18(9-14)30-5)17-11-16(12-25-6-7-27-23(2,3)4)29-20(17)22(24)26-13-28-29/h8-11,13,25,27H,6-7,12H2,1-5H3,(H2,24,26,28). The van der Waals surface area contributed by atoms with Crippen LogP contribution in [0.15, 0.2) is 30.6 Å². The number of hydrogen-bond donors (Lipinski definition) is 3. The van der Waals surface area contributed by atoms with E-state index in [0.29, 0.717) is 12.4 Å². The molecule has 164 valence electrons. The molecule has 4 aromatic rings. The Labute approximate surface area is 186 Å². The van der Waals surface area contributed by atoms with Gasteiger partial charge in [-0.25, -0.2) is 9.50 Å². The molecular weight excluding hydrogens is 408 g/mol. The summed E-state index contributed by atoms with van der Waals surface area (Å²) in [6.07, 6.45) is 1.51. The fourth-order valence-corrected chi connectivity index (χ4v) is 4.89. The van der Waals surface area contributed by atoms with Crippen molar-refractivity contribution in [2.24, 2.45) is 0 Å². The fraction of sp³-hybridized carbons (Fsp3) is 0.391. The van der Waals surface area contributed by atoms with Crippen molar-refractivity contribution in [3.63, 3.8) is 0 Å². The highest BCUT2D eigenvalue weighted by molar-refractivity contribution is 7.22. The van der Waals surface area contributed by atoms with E-state index >= 15 is 0 Å². The summed E-state index contributed by atoms with van der Waals surface area (Å²) >= 11 is 1.70. The minimum atomic E-state index is 0.110. The normalized spacial score (nSPS) is 12.2. The Kier molecular flexibility index (Phi) is 5.88. The van der Waals surface area contributed by atoms with Gasteiger partial charge in [0.2, 0.25) is 0 Å². The van der Waals surface area contributed by atoms with E-state index in [1.807, 2.05) is 4.52 Å². The molecule has 0 unspecified atom stereocenters. The lowest BCUT2D eigenvalue weighted by Gasteiger charge is -2.20. The van der Waals surface area contributed by atoms with Gasteiger partial charge in [-0.3, -0.25) is 0 Å². The highest BCUT2D eigenvalue weighted by Gasteiger charge is 2.18. The first kappa shape index (κ1) is 21.5. The summed E-state index contributed by atoms with van der Waals surface area (Å²) in [5.74, 6) is 1.37. The number of nitrogens with one attached hydrogen (secondary N) is 2. The van der Waals surface area contributed by atoms with Crippen molar-refractivity contribution in [1.82, 2.24) is 25.2 Å². The lowest BCUT2D eigenvalue weighted by atomic mass is 10.1. The summed E-state index contributed by atoms with van der Waals surface area (Å²) in [4.78, 5) is 5.36. The Balaban J connectivity index is 1.68. The lowest BCUT2D eigenvalue weighted by molar-refractivity contribution is 0.420. The molecule has 0 saturated carbocycles. The average molecular weight is 439 g/mol. The van der Waals surface area contributed by atoms with Gasteiger partial charge < -0.3 is 21.1 Å². The summed E-state index contributed by atoms with van der Waals surface area (Å²) in [5.41, 5.74) is 10.5. The fourth-order valence-electron chi connectivity index (χ4n) is 3.74. The zero-order valence-corrected chi connectivity index (χ0v) is 19.6. The second kappa shape index (κ2) is 8.45. The smallest absolute Gasteiger partial charge is 0.152 e. The summed E-state index contributed by atoms with van der Waals surface area (Å²) in [6.45, 7) is 11.0. The molecule has 4 rings (SSSR count). The number of ether oxygens (including phenoxy) is 1. The number of hydrogen-bond acceptors (Lipinski definition) is 7. The Bertz CT molecular complexity index is 1220. The predicted octanol–water partition coefficient (Wildman–Crippen LogP) is 3.99. The molecule has 31 heavy (non-hydrogen) atoms. The van der Waals surface area contributed by atoms with Crippen molar-refractivity contribution in [3.8, 4) is 16.2 Å². The average Bonchev–Trinajstić information content (AvgIpc) is 3.28. The van der Waals surface area contributed by atoms with Crippen LogP contribution in [0.25, 0.3) is 26.0 Å². The van der Waals surface area contributed by atoms with E-state index in [1.54, 1.807) is 18.4 Å². The summed E-state index contributed by atoms with van der Waals surface area (Å²) in [6, 6.07) is 8.61. The maximum absolute atomic E-state index is 6.28. The van der Waals surface area contributed by atoms with E-state index < -0.39 is 0 Å². The molecule has 0 saturated heterocycles. The SMILES string of the molecule is COc1cc(C)cc2cc(-c3cc(CNCCNC(C)(C)C)n4ncnc(N)c34)sc12. The molecule has 8 heteroatoms. The number of anilines is 1. The number of thiophene rings is 1. The highest BCUT2D eigenvalue weighted by atomic mass is 32.1. The number of nitrogens with two attached hydrogens (primary N) is 1. The number of fused-ring (bicyclic) bond motifs is 2. The molecule has 3 heterocycles. The zero-order chi connectivity index (χ0) is 22.2. The van der Waals surface area contributed by atoms with Gasteiger partial charge in [-0.15, -0.1) is 11.3 Å². The van der Waals surface area contributed by atoms with Gasteiger partial charge in [0.05, 0.1) is 17.5 Å². The summed E-state index contributed by atoms with van der Waals surface area (Å²) in [5, 5.41) is 12.6. The van der Waals surface area contributed by atoms with Crippen LogP contribution in [0.1, 0.15) is 32.0 Å². The first-order valence-electron chi connectivity index (χ1n) is 10.4. The number of methoxy groups -OCH3 is 1. The Morgan fingerprint density at radius 3 is 2.71 bits per heavy atom. The molecular formula is C23H30N6OS. The van der Waals surface area contributed by atoms with E-state index in [-0.39, 0.29) is 5.54 Å². The number of nitrogen functional groups attached to an aromatic ring is 1. The van der Waals surface area contributed by atoms with Crippen LogP contribution in [0.4, 0.5) is 5.82 Å². The van der Waals surface area contributed by atoms with Crippen molar-refractivity contribution in [2.45, 2.75) is 39.8 Å². The number of aromatic nitrogens is 3. The Morgan fingerprint density at radius 2 is 1.97 bits per heavy atom. The van der Waals surface area contributed by atoms with Crippen LogP contribution in [0.2, 0.25) is 0 Å². The zero-order valence-electron chi connectivity index (χ0n) is 18.7. The van der Waals surface area contributed by atoms with Crippen LogP contribution in [0.3, 0.4) is 0 Å². The van der Waals surface area contributed by atoms with E-state index in [9.17, 15) is 0 Å². The minimum absolute atomic E-state index is 0.110. The third-order valence-electron chi connectivity index (χ3n) is 5.13. The van der Waals surface area contributed by atoms with Crippen LogP contribution in [-0.4, -0.2) is 40.3 Å². The predicted molar refractivity (Wildman–Crippen MR) is 129 cm³/mol. The molecule has 0 atom stereocenters. The van der Waals surface area contributed by atoms with Crippen molar-refractivity contribution in [1.29, 1.82) is 0 Å².